The first-order chi connectivity index (χ1) is 11.1. The van der Waals surface area contributed by atoms with Gasteiger partial charge in [-0.2, -0.15) is 0 Å². The molecule has 1 aliphatic rings. The van der Waals surface area contributed by atoms with Crippen molar-refractivity contribution in [2.45, 2.75) is 24.1 Å². The Bertz CT molecular complexity index is 812. The standard InChI is InChI=1S/C14H12B2N6O/c15-14(16,17-13-20-19-12(23-13)9-6-7-9)11-8-22(21-18-11)10-4-2-1-3-5-10/h1-5,8-9H,6-7H2,(H,17,20). The van der Waals surface area contributed by atoms with Gasteiger partial charge in [-0.1, -0.05) is 28.5 Å². The number of nitrogens with zero attached hydrogens (tertiary/aromatic N) is 5. The molecular formula is C14H12B2N6O. The largest absolute Gasteiger partial charge is 0.408 e. The van der Waals surface area contributed by atoms with Crippen molar-refractivity contribution >= 4 is 21.7 Å². The van der Waals surface area contributed by atoms with E-state index in [2.05, 4.69) is 25.8 Å². The molecule has 0 spiro atoms. The molecule has 2 aromatic heterocycles. The molecule has 1 saturated carbocycles. The van der Waals surface area contributed by atoms with E-state index in [4.69, 9.17) is 20.1 Å². The second-order valence-corrected chi connectivity index (χ2v) is 5.60. The molecule has 0 aliphatic heterocycles. The van der Waals surface area contributed by atoms with Crippen LogP contribution in [0.3, 0.4) is 0 Å². The van der Waals surface area contributed by atoms with Crippen LogP contribution in [0.5, 0.6) is 0 Å². The quantitative estimate of drug-likeness (QED) is 0.710. The van der Waals surface area contributed by atoms with Gasteiger partial charge in [0.1, 0.15) is 0 Å². The fourth-order valence-electron chi connectivity index (χ4n) is 2.18. The smallest absolute Gasteiger partial charge is 0.314 e. The third-order valence-corrected chi connectivity index (χ3v) is 3.62. The molecule has 9 heteroatoms. The lowest BCUT2D eigenvalue weighted by Gasteiger charge is -2.23. The fourth-order valence-corrected chi connectivity index (χ4v) is 2.18. The summed E-state index contributed by atoms with van der Waals surface area (Å²) in [5, 5.41) is 17.3. The lowest BCUT2D eigenvalue weighted by atomic mass is 9.60. The minimum absolute atomic E-state index is 0.172. The van der Waals surface area contributed by atoms with Gasteiger partial charge in [0.25, 0.3) is 0 Å². The van der Waals surface area contributed by atoms with E-state index < -0.39 is 5.34 Å². The van der Waals surface area contributed by atoms with Crippen LogP contribution < -0.4 is 5.32 Å². The molecular weight excluding hydrogens is 290 g/mol. The lowest BCUT2D eigenvalue weighted by Crippen LogP contribution is -2.37. The highest BCUT2D eigenvalue weighted by molar-refractivity contribution is 6.41. The van der Waals surface area contributed by atoms with E-state index in [1.807, 2.05) is 30.3 Å². The molecule has 1 N–H and O–H groups in total. The van der Waals surface area contributed by atoms with Crippen molar-refractivity contribution in [2.24, 2.45) is 0 Å². The molecule has 110 valence electrons. The first kappa shape index (κ1) is 14.0. The van der Waals surface area contributed by atoms with Crippen molar-refractivity contribution in [3.05, 3.63) is 48.1 Å². The summed E-state index contributed by atoms with van der Waals surface area (Å²) in [4.78, 5) is 0. The van der Waals surface area contributed by atoms with Crippen molar-refractivity contribution in [3.63, 3.8) is 0 Å². The van der Waals surface area contributed by atoms with E-state index >= 15 is 0 Å². The van der Waals surface area contributed by atoms with Crippen LogP contribution >= 0.6 is 0 Å². The van der Waals surface area contributed by atoms with Crippen molar-refractivity contribution in [1.29, 1.82) is 0 Å². The summed E-state index contributed by atoms with van der Waals surface area (Å²) in [5.74, 6) is 0.971. The van der Waals surface area contributed by atoms with Gasteiger partial charge in [0, 0.05) is 11.3 Å². The molecule has 7 nitrogen and oxygen atoms in total. The van der Waals surface area contributed by atoms with E-state index in [9.17, 15) is 0 Å². The molecule has 2 heterocycles. The third kappa shape index (κ3) is 2.86. The van der Waals surface area contributed by atoms with Gasteiger partial charge < -0.3 is 9.73 Å². The van der Waals surface area contributed by atoms with Gasteiger partial charge in [-0.05, 0) is 25.0 Å². The molecule has 4 radical (unpaired) electrons. The second kappa shape index (κ2) is 5.26. The van der Waals surface area contributed by atoms with Crippen molar-refractivity contribution in [2.75, 3.05) is 5.32 Å². The van der Waals surface area contributed by atoms with Crippen LogP contribution in [0.15, 0.2) is 40.9 Å². The van der Waals surface area contributed by atoms with Crippen LogP contribution in [0.1, 0.15) is 30.3 Å². The molecule has 1 aromatic carbocycles. The maximum atomic E-state index is 6.09. The Balaban J connectivity index is 1.54. The molecule has 0 bridgehead atoms. The Kier molecular flexibility index (Phi) is 3.21. The molecule has 1 aliphatic carbocycles. The summed E-state index contributed by atoms with van der Waals surface area (Å²) in [7, 11) is 12.2. The van der Waals surface area contributed by atoms with Gasteiger partial charge >= 0.3 is 6.01 Å². The summed E-state index contributed by atoms with van der Waals surface area (Å²) in [6.07, 6.45) is 3.80. The number of para-hydroxylation sites is 1. The second-order valence-electron chi connectivity index (χ2n) is 5.60. The van der Waals surface area contributed by atoms with Crippen molar-refractivity contribution in [1.82, 2.24) is 25.2 Å². The Labute approximate surface area is 135 Å². The third-order valence-electron chi connectivity index (χ3n) is 3.62. The van der Waals surface area contributed by atoms with E-state index in [0.717, 1.165) is 18.5 Å². The van der Waals surface area contributed by atoms with E-state index in [1.54, 1.807) is 10.9 Å². The number of aromatic nitrogens is 5. The Morgan fingerprint density at radius 2 is 1.91 bits per heavy atom. The van der Waals surface area contributed by atoms with Crippen molar-refractivity contribution < 1.29 is 4.42 Å². The average molecular weight is 302 g/mol. The number of anilines is 1. The summed E-state index contributed by atoms with van der Waals surface area (Å²) in [6, 6.07) is 9.72. The number of hydrogen-bond donors (Lipinski definition) is 1. The Morgan fingerprint density at radius 3 is 2.65 bits per heavy atom. The van der Waals surface area contributed by atoms with Gasteiger partial charge in [0.15, 0.2) is 0 Å². The molecule has 23 heavy (non-hydrogen) atoms. The first-order valence-corrected chi connectivity index (χ1v) is 7.29. The fraction of sp³-hybridized carbons (Fsp3) is 0.286. The minimum Gasteiger partial charge on any atom is -0.408 e. The summed E-state index contributed by atoms with van der Waals surface area (Å²) < 4.78 is 7.10. The lowest BCUT2D eigenvalue weighted by molar-refractivity contribution is 0.504. The molecule has 1 fully saturated rings. The average Bonchev–Trinajstić information content (AvgIpc) is 3.09. The highest BCUT2D eigenvalue weighted by Gasteiger charge is 2.31. The highest BCUT2D eigenvalue weighted by atomic mass is 16.4. The molecule has 0 saturated heterocycles. The summed E-state index contributed by atoms with van der Waals surface area (Å²) in [6.45, 7) is 0. The van der Waals surface area contributed by atoms with E-state index in [1.165, 1.54) is 0 Å². The number of benzene rings is 1. The maximum absolute atomic E-state index is 6.09. The SMILES string of the molecule is [B]C([B])(Nc1nnc(C2CC2)o1)c1cn(-c2ccccc2)nn1. The van der Waals surface area contributed by atoms with Crippen molar-refractivity contribution in [3.8, 4) is 5.69 Å². The van der Waals surface area contributed by atoms with Gasteiger partial charge in [0.05, 0.1) is 33.3 Å². The van der Waals surface area contributed by atoms with Crippen LogP contribution in [0, 0.1) is 0 Å². The minimum atomic E-state index is -1.47. The van der Waals surface area contributed by atoms with Crippen LogP contribution in [0.25, 0.3) is 5.69 Å². The molecule has 0 amide bonds. The summed E-state index contributed by atoms with van der Waals surface area (Å²) >= 11 is 0. The summed E-state index contributed by atoms with van der Waals surface area (Å²) in [5.41, 5.74) is 1.21. The van der Waals surface area contributed by atoms with Crippen LogP contribution in [-0.4, -0.2) is 40.9 Å². The number of rotatable bonds is 5. The van der Waals surface area contributed by atoms with Gasteiger partial charge in [-0.25, -0.2) is 4.68 Å². The number of hydrogen-bond acceptors (Lipinski definition) is 6. The van der Waals surface area contributed by atoms with Crippen LogP contribution in [0.4, 0.5) is 6.01 Å². The predicted molar refractivity (Wildman–Crippen MR) is 84.4 cm³/mol. The Morgan fingerprint density at radius 1 is 1.13 bits per heavy atom. The predicted octanol–water partition coefficient (Wildman–Crippen LogP) is 1.09. The highest BCUT2D eigenvalue weighted by Crippen LogP contribution is 2.39. The zero-order valence-electron chi connectivity index (χ0n) is 12.3. The molecule has 3 aromatic rings. The van der Waals surface area contributed by atoms with E-state index in [-0.39, 0.29) is 6.01 Å². The number of nitrogens with one attached hydrogen (secondary N) is 1. The Hall–Kier alpha value is -2.57. The van der Waals surface area contributed by atoms with Gasteiger partial charge in [0.2, 0.25) is 5.89 Å². The molecule has 4 rings (SSSR count). The van der Waals surface area contributed by atoms with Crippen LogP contribution in [-0.2, 0) is 5.34 Å². The molecule has 0 atom stereocenters. The molecule has 0 unspecified atom stereocenters. The van der Waals surface area contributed by atoms with Gasteiger partial charge in [-0.3, -0.25) is 0 Å². The van der Waals surface area contributed by atoms with Gasteiger partial charge in [-0.15, -0.1) is 10.2 Å². The van der Waals surface area contributed by atoms with E-state index in [0.29, 0.717) is 17.5 Å². The maximum Gasteiger partial charge on any atom is 0.314 e. The van der Waals surface area contributed by atoms with Crippen LogP contribution in [0.2, 0.25) is 0 Å². The zero-order valence-corrected chi connectivity index (χ0v) is 12.3. The monoisotopic (exact) mass is 302 g/mol. The topological polar surface area (TPSA) is 81.7 Å². The zero-order chi connectivity index (χ0) is 15.9. The first-order valence-electron chi connectivity index (χ1n) is 7.29. The normalized spacial score (nSPS) is 14.8.